The normalized spacial score (nSPS) is 14.5. The van der Waals surface area contributed by atoms with Crippen molar-refractivity contribution in [3.8, 4) is 0 Å². The highest BCUT2D eigenvalue weighted by Crippen LogP contribution is 2.33. The molecule has 1 aromatic carbocycles. The molecule has 0 radical (unpaired) electrons. The van der Waals surface area contributed by atoms with Crippen LogP contribution in [-0.4, -0.2) is 58.2 Å². The number of hydrogen-bond acceptors (Lipinski definition) is 6. The van der Waals surface area contributed by atoms with Gasteiger partial charge < -0.3 is 24.6 Å². The Kier molecular flexibility index (Phi) is 5.42. The zero-order valence-corrected chi connectivity index (χ0v) is 16.9. The molecule has 1 aliphatic rings. The minimum atomic E-state index is -0.564. The Labute approximate surface area is 163 Å². The third-order valence-corrected chi connectivity index (χ3v) is 5.15. The second-order valence-electron chi connectivity index (χ2n) is 7.23. The van der Waals surface area contributed by atoms with Gasteiger partial charge in [-0.1, -0.05) is 0 Å². The monoisotopic (exact) mass is 386 g/mol. The van der Waals surface area contributed by atoms with E-state index in [9.17, 15) is 14.7 Å². The van der Waals surface area contributed by atoms with Crippen LogP contribution in [0, 0.1) is 13.8 Å². The molecule has 2 heterocycles. The number of benzene rings is 1. The van der Waals surface area contributed by atoms with Crippen LogP contribution < -0.4 is 5.32 Å². The molecule has 1 aliphatic heterocycles. The van der Waals surface area contributed by atoms with E-state index in [1.165, 1.54) is 12.0 Å². The van der Waals surface area contributed by atoms with Crippen LogP contribution in [0.2, 0.25) is 0 Å². The quantitative estimate of drug-likeness (QED) is 0.736. The smallest absolute Gasteiger partial charge is 0.337 e. The first-order valence-electron chi connectivity index (χ1n) is 9.25. The van der Waals surface area contributed by atoms with Crippen molar-refractivity contribution in [2.45, 2.75) is 33.7 Å². The number of fused-ring (bicyclic) bond motifs is 1. The maximum atomic E-state index is 12.8. The maximum Gasteiger partial charge on any atom is 0.337 e. The third-order valence-electron chi connectivity index (χ3n) is 5.15. The van der Waals surface area contributed by atoms with E-state index < -0.39 is 5.97 Å². The molecule has 0 bridgehead atoms. The van der Waals surface area contributed by atoms with Crippen molar-refractivity contribution < 1.29 is 19.4 Å². The summed E-state index contributed by atoms with van der Waals surface area (Å²) in [4.78, 5) is 31.0. The standard InChI is InChI=1S/C20H26N4O4/c1-11(2)24-10-21-18-15(24)8-12(3)13(4)16(18)22-17-14(20(27)28-5)9-23(6-7-25)19(17)26/h8,10-11,22,25H,6-7,9H2,1-5H3. The van der Waals surface area contributed by atoms with Gasteiger partial charge in [0.1, 0.15) is 11.2 Å². The van der Waals surface area contributed by atoms with Crippen molar-refractivity contribution in [2.24, 2.45) is 0 Å². The van der Waals surface area contributed by atoms with Gasteiger partial charge in [-0.05, 0) is 44.9 Å². The number of aliphatic hydroxyl groups excluding tert-OH is 1. The summed E-state index contributed by atoms with van der Waals surface area (Å²) in [5.41, 5.74) is 4.82. The topological polar surface area (TPSA) is 96.7 Å². The summed E-state index contributed by atoms with van der Waals surface area (Å²) < 4.78 is 6.92. The first-order valence-corrected chi connectivity index (χ1v) is 9.25. The van der Waals surface area contributed by atoms with E-state index >= 15 is 0 Å². The van der Waals surface area contributed by atoms with Gasteiger partial charge in [-0.2, -0.15) is 0 Å². The number of carbonyl (C=O) groups is 2. The van der Waals surface area contributed by atoms with Crippen LogP contribution in [0.5, 0.6) is 0 Å². The summed E-state index contributed by atoms with van der Waals surface area (Å²) in [7, 11) is 1.28. The molecule has 1 aromatic heterocycles. The van der Waals surface area contributed by atoms with Gasteiger partial charge in [-0.3, -0.25) is 4.79 Å². The van der Waals surface area contributed by atoms with Gasteiger partial charge in [0.25, 0.3) is 5.91 Å². The number of ether oxygens (including phenoxy) is 1. The summed E-state index contributed by atoms with van der Waals surface area (Å²) in [6.45, 7) is 8.18. The number of hydrogen-bond donors (Lipinski definition) is 2. The minimum absolute atomic E-state index is 0.100. The number of imidazole rings is 1. The molecule has 8 heteroatoms. The molecular formula is C20H26N4O4. The second-order valence-corrected chi connectivity index (χ2v) is 7.23. The number of amides is 1. The number of nitrogens with one attached hydrogen (secondary N) is 1. The Hall–Kier alpha value is -2.87. The number of carbonyl (C=O) groups excluding carboxylic acids is 2. The number of aromatic nitrogens is 2. The lowest BCUT2D eigenvalue weighted by atomic mass is 10.1. The van der Waals surface area contributed by atoms with E-state index in [0.29, 0.717) is 5.69 Å². The van der Waals surface area contributed by atoms with Crippen molar-refractivity contribution in [2.75, 3.05) is 32.1 Å². The van der Waals surface area contributed by atoms with Gasteiger partial charge in [-0.25, -0.2) is 9.78 Å². The Morgan fingerprint density at radius 1 is 1.39 bits per heavy atom. The molecule has 0 saturated carbocycles. The van der Waals surface area contributed by atoms with E-state index in [4.69, 9.17) is 4.74 Å². The molecule has 0 atom stereocenters. The van der Waals surface area contributed by atoms with Gasteiger partial charge >= 0.3 is 5.97 Å². The summed E-state index contributed by atoms with van der Waals surface area (Å²) in [6.07, 6.45) is 1.78. The molecule has 3 rings (SSSR count). The van der Waals surface area contributed by atoms with E-state index in [1.807, 2.05) is 13.8 Å². The average Bonchev–Trinajstić information content (AvgIpc) is 3.21. The Morgan fingerprint density at radius 2 is 2.11 bits per heavy atom. The molecule has 0 aliphatic carbocycles. The van der Waals surface area contributed by atoms with Gasteiger partial charge in [-0.15, -0.1) is 0 Å². The highest BCUT2D eigenvalue weighted by Gasteiger charge is 2.35. The van der Waals surface area contributed by atoms with E-state index in [-0.39, 0.29) is 42.9 Å². The Balaban J connectivity index is 2.13. The fourth-order valence-electron chi connectivity index (χ4n) is 3.43. The Morgan fingerprint density at radius 3 is 2.71 bits per heavy atom. The summed E-state index contributed by atoms with van der Waals surface area (Å²) in [5.74, 6) is -0.905. The lowest BCUT2D eigenvalue weighted by Gasteiger charge is -2.17. The first-order chi connectivity index (χ1) is 13.3. The van der Waals surface area contributed by atoms with Gasteiger partial charge in [0.15, 0.2) is 0 Å². The second kappa shape index (κ2) is 7.63. The average molecular weight is 386 g/mol. The fraction of sp³-hybridized carbons (Fsp3) is 0.450. The summed E-state index contributed by atoms with van der Waals surface area (Å²) in [6, 6.07) is 2.31. The van der Waals surface area contributed by atoms with Crippen LogP contribution >= 0.6 is 0 Å². The lowest BCUT2D eigenvalue weighted by molar-refractivity contribution is -0.136. The van der Waals surface area contributed by atoms with Crippen LogP contribution in [0.3, 0.4) is 0 Å². The molecular weight excluding hydrogens is 360 g/mol. The van der Waals surface area contributed by atoms with Crippen LogP contribution in [0.15, 0.2) is 23.7 Å². The number of methoxy groups -OCH3 is 1. The maximum absolute atomic E-state index is 12.8. The molecule has 0 unspecified atom stereocenters. The molecule has 2 N–H and O–H groups in total. The summed E-state index contributed by atoms with van der Waals surface area (Å²) in [5, 5.41) is 12.4. The minimum Gasteiger partial charge on any atom is -0.466 e. The number of rotatable bonds is 6. The Bertz CT molecular complexity index is 974. The molecule has 28 heavy (non-hydrogen) atoms. The number of anilines is 1. The van der Waals surface area contributed by atoms with Crippen LogP contribution in [0.4, 0.5) is 5.69 Å². The lowest BCUT2D eigenvalue weighted by Crippen LogP contribution is -2.31. The van der Waals surface area contributed by atoms with Crippen molar-refractivity contribution in [3.63, 3.8) is 0 Å². The van der Waals surface area contributed by atoms with Crippen molar-refractivity contribution in [1.29, 1.82) is 0 Å². The number of aliphatic hydroxyl groups is 1. The van der Waals surface area contributed by atoms with Gasteiger partial charge in [0.2, 0.25) is 0 Å². The number of esters is 1. The van der Waals surface area contributed by atoms with E-state index in [0.717, 1.165) is 22.2 Å². The largest absolute Gasteiger partial charge is 0.466 e. The molecule has 2 aromatic rings. The fourth-order valence-corrected chi connectivity index (χ4v) is 3.43. The highest BCUT2D eigenvalue weighted by atomic mass is 16.5. The first kappa shape index (κ1) is 19.9. The molecule has 1 amide bonds. The molecule has 150 valence electrons. The number of aryl methyl sites for hydroxylation is 1. The van der Waals surface area contributed by atoms with Gasteiger partial charge in [0, 0.05) is 12.6 Å². The molecule has 0 saturated heterocycles. The van der Waals surface area contributed by atoms with Gasteiger partial charge in [0.05, 0.1) is 43.4 Å². The SMILES string of the molecule is COC(=O)C1=C(Nc2c(C)c(C)cc3c2ncn3C(C)C)C(=O)N(CCO)C1. The van der Waals surface area contributed by atoms with Crippen LogP contribution in [0.1, 0.15) is 31.0 Å². The molecule has 0 fully saturated rings. The highest BCUT2D eigenvalue weighted by molar-refractivity contribution is 6.10. The third kappa shape index (κ3) is 3.24. The zero-order valence-electron chi connectivity index (χ0n) is 16.9. The molecule has 8 nitrogen and oxygen atoms in total. The number of nitrogens with zero attached hydrogens (tertiary/aromatic N) is 3. The van der Waals surface area contributed by atoms with Crippen molar-refractivity contribution >= 4 is 28.6 Å². The van der Waals surface area contributed by atoms with Crippen molar-refractivity contribution in [1.82, 2.24) is 14.5 Å². The van der Waals surface area contributed by atoms with Crippen LogP contribution in [0.25, 0.3) is 11.0 Å². The zero-order chi connectivity index (χ0) is 20.6. The van der Waals surface area contributed by atoms with Crippen molar-refractivity contribution in [3.05, 3.63) is 34.8 Å². The summed E-state index contributed by atoms with van der Waals surface area (Å²) >= 11 is 0. The predicted octanol–water partition coefficient (Wildman–Crippen LogP) is 1.91. The molecule has 0 spiro atoms. The predicted molar refractivity (Wildman–Crippen MR) is 106 cm³/mol. The van der Waals surface area contributed by atoms with Crippen LogP contribution in [-0.2, 0) is 14.3 Å². The van der Waals surface area contributed by atoms with E-state index in [2.05, 4.69) is 34.8 Å². The number of β-amino-alcohol motifs (C(OH)–C–C–N with tert-alkyl or cyclic N) is 1. The van der Waals surface area contributed by atoms with E-state index in [1.54, 1.807) is 6.33 Å².